The number of carboxylic acids is 1. The summed E-state index contributed by atoms with van der Waals surface area (Å²) in [4.78, 5) is 13.1. The summed E-state index contributed by atoms with van der Waals surface area (Å²) >= 11 is 0. The van der Waals surface area contributed by atoms with Gasteiger partial charge in [0.15, 0.2) is 0 Å². The summed E-state index contributed by atoms with van der Waals surface area (Å²) in [5.41, 5.74) is 1.40. The van der Waals surface area contributed by atoms with Gasteiger partial charge in [0.2, 0.25) is 0 Å². The zero-order chi connectivity index (χ0) is 12.6. The molecule has 2 atom stereocenters. The van der Waals surface area contributed by atoms with Gasteiger partial charge in [0.25, 0.3) is 0 Å². The topological polar surface area (TPSA) is 40.5 Å². The lowest BCUT2D eigenvalue weighted by molar-refractivity contribution is -0.141. The van der Waals surface area contributed by atoms with Crippen molar-refractivity contribution in [2.45, 2.75) is 19.8 Å². The molecular formula is C13H16FNO2. The number of hydrogen-bond donors (Lipinski definition) is 1. The molecule has 0 aliphatic carbocycles. The number of nitrogens with zero attached hydrogens (tertiary/aromatic N) is 1. The summed E-state index contributed by atoms with van der Waals surface area (Å²) in [5.74, 6) is -2.00. The number of likely N-dealkylation sites (N-methyl/N-ethyl adjacent to an activating group) is 1. The van der Waals surface area contributed by atoms with E-state index >= 15 is 0 Å². The third-order valence-electron chi connectivity index (χ3n) is 3.53. The quantitative estimate of drug-likeness (QED) is 0.878. The van der Waals surface area contributed by atoms with E-state index in [-0.39, 0.29) is 11.7 Å². The Labute approximate surface area is 99.9 Å². The maximum Gasteiger partial charge on any atom is 0.306 e. The van der Waals surface area contributed by atoms with Gasteiger partial charge in [-0.15, -0.1) is 0 Å². The number of carbonyl (C=O) groups is 1. The molecule has 2 unspecified atom stereocenters. The summed E-state index contributed by atoms with van der Waals surface area (Å²) in [7, 11) is 0. The first-order valence-corrected chi connectivity index (χ1v) is 5.82. The van der Waals surface area contributed by atoms with Gasteiger partial charge in [0.05, 0.1) is 5.92 Å². The van der Waals surface area contributed by atoms with Gasteiger partial charge in [-0.05, 0) is 19.1 Å². The molecule has 2 rings (SSSR count). The molecule has 0 bridgehead atoms. The van der Waals surface area contributed by atoms with Gasteiger partial charge >= 0.3 is 5.97 Å². The molecule has 0 aromatic heterocycles. The first kappa shape index (κ1) is 11.9. The molecule has 0 saturated heterocycles. The van der Waals surface area contributed by atoms with Gasteiger partial charge in [-0.3, -0.25) is 4.79 Å². The highest BCUT2D eigenvalue weighted by atomic mass is 19.1. The first-order chi connectivity index (χ1) is 8.06. The second kappa shape index (κ2) is 4.35. The SMILES string of the molecule is CCN1CC(C(C)C(=O)O)c2c(F)cccc21. The Morgan fingerprint density at radius 2 is 2.35 bits per heavy atom. The van der Waals surface area contributed by atoms with Crippen molar-refractivity contribution >= 4 is 11.7 Å². The molecule has 0 amide bonds. The van der Waals surface area contributed by atoms with Crippen LogP contribution in [0.2, 0.25) is 0 Å². The minimum absolute atomic E-state index is 0.261. The fourth-order valence-electron chi connectivity index (χ4n) is 2.48. The summed E-state index contributed by atoms with van der Waals surface area (Å²) in [6, 6.07) is 4.93. The maximum atomic E-state index is 13.9. The molecule has 0 saturated carbocycles. The molecule has 3 nitrogen and oxygen atoms in total. The van der Waals surface area contributed by atoms with Crippen LogP contribution in [0.15, 0.2) is 18.2 Å². The van der Waals surface area contributed by atoms with Crippen molar-refractivity contribution in [3.05, 3.63) is 29.6 Å². The molecule has 1 aliphatic heterocycles. The van der Waals surface area contributed by atoms with E-state index in [9.17, 15) is 9.18 Å². The van der Waals surface area contributed by atoms with Crippen LogP contribution < -0.4 is 4.90 Å². The maximum absolute atomic E-state index is 13.9. The number of carboxylic acid groups (broad SMARTS) is 1. The smallest absolute Gasteiger partial charge is 0.306 e. The van der Waals surface area contributed by atoms with Crippen molar-refractivity contribution in [1.29, 1.82) is 0 Å². The van der Waals surface area contributed by atoms with E-state index in [0.29, 0.717) is 12.1 Å². The third kappa shape index (κ3) is 1.88. The third-order valence-corrected chi connectivity index (χ3v) is 3.53. The van der Waals surface area contributed by atoms with Crippen LogP contribution in [0.5, 0.6) is 0 Å². The lowest BCUT2D eigenvalue weighted by atomic mass is 9.88. The van der Waals surface area contributed by atoms with Crippen LogP contribution in [-0.2, 0) is 4.79 Å². The zero-order valence-electron chi connectivity index (χ0n) is 9.98. The Morgan fingerprint density at radius 1 is 1.65 bits per heavy atom. The van der Waals surface area contributed by atoms with E-state index in [4.69, 9.17) is 5.11 Å². The van der Waals surface area contributed by atoms with E-state index in [2.05, 4.69) is 0 Å². The van der Waals surface area contributed by atoms with Crippen molar-refractivity contribution in [2.75, 3.05) is 18.0 Å². The molecule has 4 heteroatoms. The predicted molar refractivity (Wildman–Crippen MR) is 63.8 cm³/mol. The Kier molecular flexibility index (Phi) is 3.05. The van der Waals surface area contributed by atoms with Crippen molar-refractivity contribution in [1.82, 2.24) is 0 Å². The van der Waals surface area contributed by atoms with Gasteiger partial charge in [-0.2, -0.15) is 0 Å². The van der Waals surface area contributed by atoms with Crippen molar-refractivity contribution in [3.8, 4) is 0 Å². The summed E-state index contributed by atoms with van der Waals surface area (Å²) < 4.78 is 13.9. The Bertz CT molecular complexity index is 447. The fraction of sp³-hybridized carbons (Fsp3) is 0.462. The molecule has 92 valence electrons. The standard InChI is InChI=1S/C13H16FNO2/c1-3-15-7-9(8(2)13(16)17)12-10(14)5-4-6-11(12)15/h4-6,8-9H,3,7H2,1-2H3,(H,16,17). The number of fused-ring (bicyclic) bond motifs is 1. The Balaban J connectivity index is 2.45. The Morgan fingerprint density at radius 3 is 2.94 bits per heavy atom. The number of aliphatic carboxylic acids is 1. The average molecular weight is 237 g/mol. The second-order valence-electron chi connectivity index (χ2n) is 4.44. The van der Waals surface area contributed by atoms with Gasteiger partial charge in [-0.25, -0.2) is 4.39 Å². The van der Waals surface area contributed by atoms with E-state index in [1.54, 1.807) is 13.0 Å². The number of halogens is 1. The summed E-state index contributed by atoms with van der Waals surface area (Å²) in [6.07, 6.45) is 0. The van der Waals surface area contributed by atoms with Gasteiger partial charge in [0.1, 0.15) is 5.82 Å². The number of anilines is 1. The van der Waals surface area contributed by atoms with E-state index < -0.39 is 11.9 Å². The van der Waals surface area contributed by atoms with Gasteiger partial charge in [0, 0.05) is 30.3 Å². The number of hydrogen-bond acceptors (Lipinski definition) is 2. The lowest BCUT2D eigenvalue weighted by Crippen LogP contribution is -2.26. The van der Waals surface area contributed by atoms with Crippen LogP contribution in [0.25, 0.3) is 0 Å². The highest BCUT2D eigenvalue weighted by Gasteiger charge is 2.36. The molecule has 1 heterocycles. The van der Waals surface area contributed by atoms with Gasteiger partial charge in [-0.1, -0.05) is 13.0 Å². The monoisotopic (exact) mass is 237 g/mol. The molecule has 0 radical (unpaired) electrons. The molecule has 1 aromatic rings. The fourth-order valence-corrected chi connectivity index (χ4v) is 2.48. The number of benzene rings is 1. The molecular weight excluding hydrogens is 221 g/mol. The molecule has 1 aromatic carbocycles. The largest absolute Gasteiger partial charge is 0.481 e. The van der Waals surface area contributed by atoms with E-state index in [0.717, 1.165) is 12.2 Å². The van der Waals surface area contributed by atoms with Crippen molar-refractivity contribution in [2.24, 2.45) is 5.92 Å². The molecule has 17 heavy (non-hydrogen) atoms. The average Bonchev–Trinajstić information content (AvgIpc) is 2.68. The first-order valence-electron chi connectivity index (χ1n) is 5.82. The lowest BCUT2D eigenvalue weighted by Gasteiger charge is -2.18. The van der Waals surface area contributed by atoms with Crippen LogP contribution in [0.4, 0.5) is 10.1 Å². The molecule has 0 fully saturated rings. The van der Waals surface area contributed by atoms with E-state index in [1.165, 1.54) is 6.07 Å². The normalized spacial score (nSPS) is 20.2. The van der Waals surface area contributed by atoms with Crippen LogP contribution in [-0.4, -0.2) is 24.2 Å². The molecule has 1 N–H and O–H groups in total. The number of rotatable bonds is 3. The summed E-state index contributed by atoms with van der Waals surface area (Å²) in [5, 5.41) is 9.08. The predicted octanol–water partition coefficient (Wildman–Crippen LogP) is 2.47. The molecule has 1 aliphatic rings. The van der Waals surface area contributed by atoms with Crippen molar-refractivity contribution < 1.29 is 14.3 Å². The van der Waals surface area contributed by atoms with Crippen LogP contribution >= 0.6 is 0 Å². The van der Waals surface area contributed by atoms with Crippen LogP contribution in [0, 0.1) is 11.7 Å². The van der Waals surface area contributed by atoms with Gasteiger partial charge < -0.3 is 10.0 Å². The minimum Gasteiger partial charge on any atom is -0.481 e. The van der Waals surface area contributed by atoms with Crippen LogP contribution in [0.3, 0.4) is 0 Å². The summed E-state index contributed by atoms with van der Waals surface area (Å²) in [6.45, 7) is 4.98. The zero-order valence-corrected chi connectivity index (χ0v) is 9.98. The highest BCUT2D eigenvalue weighted by molar-refractivity contribution is 5.73. The van der Waals surface area contributed by atoms with E-state index in [1.807, 2.05) is 17.9 Å². The molecule has 0 spiro atoms. The van der Waals surface area contributed by atoms with Crippen molar-refractivity contribution in [3.63, 3.8) is 0 Å². The minimum atomic E-state index is -0.873. The van der Waals surface area contributed by atoms with Crippen LogP contribution in [0.1, 0.15) is 25.3 Å². The Hall–Kier alpha value is -1.58. The second-order valence-corrected chi connectivity index (χ2v) is 4.44. The highest BCUT2D eigenvalue weighted by Crippen LogP contribution is 2.41.